The number of amides is 2. The summed E-state index contributed by atoms with van der Waals surface area (Å²) < 4.78 is 14.6. The minimum Gasteiger partial charge on any atom is -0.439 e. The molecular weight excluding hydrogens is 256 g/mol. The Bertz CT molecular complexity index is 316. The van der Waals surface area contributed by atoms with Gasteiger partial charge in [0, 0.05) is 20.2 Å². The Morgan fingerprint density at radius 2 is 2.11 bits per heavy atom. The molecule has 1 heterocycles. The lowest BCUT2D eigenvalue weighted by Gasteiger charge is -2.26. The maximum absolute atomic E-state index is 11.7. The van der Waals surface area contributed by atoms with Gasteiger partial charge < -0.3 is 29.2 Å². The monoisotopic (exact) mass is 274 g/mol. The van der Waals surface area contributed by atoms with Crippen LogP contribution in [0.4, 0.5) is 4.79 Å². The Labute approximate surface area is 111 Å². The maximum Gasteiger partial charge on any atom is 0.408 e. The summed E-state index contributed by atoms with van der Waals surface area (Å²) in [5, 5.41) is 2.28. The van der Waals surface area contributed by atoms with E-state index in [1.165, 1.54) is 7.11 Å². The van der Waals surface area contributed by atoms with Gasteiger partial charge in [0.2, 0.25) is 0 Å². The van der Waals surface area contributed by atoms with Crippen LogP contribution >= 0.6 is 0 Å². The van der Waals surface area contributed by atoms with Crippen molar-refractivity contribution in [3.05, 3.63) is 0 Å². The molecule has 8 heteroatoms. The predicted octanol–water partition coefficient (Wildman–Crippen LogP) is -1.21. The quantitative estimate of drug-likeness (QED) is 0.610. The highest BCUT2D eigenvalue weighted by atomic mass is 16.6. The van der Waals surface area contributed by atoms with Gasteiger partial charge in [-0.3, -0.25) is 4.79 Å². The fraction of sp³-hybridized carbons (Fsp3) is 0.727. The SMILES string of the molecule is COC[C@@H](C=O)NC(=O)OCC(=O)N1CCOCC1. The van der Waals surface area contributed by atoms with Crippen LogP contribution in [0.1, 0.15) is 0 Å². The summed E-state index contributed by atoms with van der Waals surface area (Å²) >= 11 is 0. The number of hydrogen-bond donors (Lipinski definition) is 1. The number of methoxy groups -OCH3 is 1. The third kappa shape index (κ3) is 5.66. The molecule has 0 aromatic carbocycles. The molecule has 0 saturated carbocycles. The van der Waals surface area contributed by atoms with Crippen LogP contribution in [0.5, 0.6) is 0 Å². The van der Waals surface area contributed by atoms with Gasteiger partial charge in [-0.05, 0) is 0 Å². The van der Waals surface area contributed by atoms with E-state index < -0.39 is 12.1 Å². The van der Waals surface area contributed by atoms with E-state index in [1.54, 1.807) is 4.90 Å². The van der Waals surface area contributed by atoms with Crippen molar-refractivity contribution in [2.24, 2.45) is 0 Å². The second kappa shape index (κ2) is 8.44. The third-order valence-corrected chi connectivity index (χ3v) is 2.50. The summed E-state index contributed by atoms with van der Waals surface area (Å²) in [5.41, 5.74) is 0. The number of nitrogens with zero attached hydrogens (tertiary/aromatic N) is 1. The van der Waals surface area contributed by atoms with Gasteiger partial charge in [-0.2, -0.15) is 0 Å². The molecule has 0 unspecified atom stereocenters. The molecular formula is C11H18N2O6. The number of aldehydes is 1. The number of morpholine rings is 1. The highest BCUT2D eigenvalue weighted by Gasteiger charge is 2.19. The lowest BCUT2D eigenvalue weighted by molar-refractivity contribution is -0.138. The molecule has 1 aliphatic heterocycles. The smallest absolute Gasteiger partial charge is 0.408 e. The molecule has 1 aliphatic rings. The number of carbonyl (C=O) groups is 3. The number of hydrogen-bond acceptors (Lipinski definition) is 6. The lowest BCUT2D eigenvalue weighted by atomic mass is 10.3. The van der Waals surface area contributed by atoms with Crippen molar-refractivity contribution >= 4 is 18.3 Å². The van der Waals surface area contributed by atoms with Crippen molar-refractivity contribution in [1.29, 1.82) is 0 Å². The lowest BCUT2D eigenvalue weighted by Crippen LogP contribution is -2.44. The molecule has 0 radical (unpaired) electrons. The Morgan fingerprint density at radius 1 is 1.42 bits per heavy atom. The molecule has 108 valence electrons. The molecule has 0 aliphatic carbocycles. The topological polar surface area (TPSA) is 94.2 Å². The van der Waals surface area contributed by atoms with Gasteiger partial charge in [0.15, 0.2) is 6.61 Å². The van der Waals surface area contributed by atoms with Crippen LogP contribution in [0.2, 0.25) is 0 Å². The highest BCUT2D eigenvalue weighted by Crippen LogP contribution is 1.98. The van der Waals surface area contributed by atoms with E-state index in [4.69, 9.17) is 14.2 Å². The van der Waals surface area contributed by atoms with Gasteiger partial charge in [0.1, 0.15) is 12.3 Å². The number of ether oxygens (including phenoxy) is 3. The van der Waals surface area contributed by atoms with Crippen molar-refractivity contribution in [1.82, 2.24) is 10.2 Å². The number of carbonyl (C=O) groups excluding carboxylic acids is 3. The average molecular weight is 274 g/mol. The summed E-state index contributed by atoms with van der Waals surface area (Å²) in [4.78, 5) is 35.1. The second-order valence-electron chi connectivity index (χ2n) is 3.91. The third-order valence-electron chi connectivity index (χ3n) is 2.50. The van der Waals surface area contributed by atoms with Gasteiger partial charge in [-0.15, -0.1) is 0 Å². The first-order valence-corrected chi connectivity index (χ1v) is 5.90. The van der Waals surface area contributed by atoms with Crippen LogP contribution in [0.3, 0.4) is 0 Å². The molecule has 0 bridgehead atoms. The minimum atomic E-state index is -0.823. The molecule has 1 saturated heterocycles. The Balaban J connectivity index is 2.24. The Kier molecular flexibility index (Phi) is 6.83. The zero-order valence-electron chi connectivity index (χ0n) is 10.8. The van der Waals surface area contributed by atoms with Crippen molar-refractivity contribution in [3.8, 4) is 0 Å². The zero-order valence-corrected chi connectivity index (χ0v) is 10.8. The van der Waals surface area contributed by atoms with Crippen molar-refractivity contribution < 1.29 is 28.6 Å². The zero-order chi connectivity index (χ0) is 14.1. The molecule has 8 nitrogen and oxygen atoms in total. The first-order valence-electron chi connectivity index (χ1n) is 5.90. The number of alkyl carbamates (subject to hydrolysis) is 1. The summed E-state index contributed by atoms with van der Waals surface area (Å²) in [5.74, 6) is -0.284. The van der Waals surface area contributed by atoms with Crippen LogP contribution in [0.15, 0.2) is 0 Å². The normalized spacial score (nSPS) is 16.6. The molecule has 2 amide bonds. The van der Waals surface area contributed by atoms with Gasteiger partial charge >= 0.3 is 6.09 Å². The fourth-order valence-electron chi connectivity index (χ4n) is 1.52. The van der Waals surface area contributed by atoms with Crippen LogP contribution in [0.25, 0.3) is 0 Å². The second-order valence-corrected chi connectivity index (χ2v) is 3.91. The van der Waals surface area contributed by atoms with Crippen LogP contribution in [-0.2, 0) is 23.8 Å². The van der Waals surface area contributed by atoms with E-state index in [-0.39, 0.29) is 19.1 Å². The summed E-state index contributed by atoms with van der Waals surface area (Å²) in [6.07, 6.45) is -0.287. The molecule has 1 rings (SSSR count). The first-order chi connectivity index (χ1) is 9.17. The van der Waals surface area contributed by atoms with E-state index in [0.717, 1.165) is 0 Å². The predicted molar refractivity (Wildman–Crippen MR) is 63.6 cm³/mol. The molecule has 0 aromatic heterocycles. The first kappa shape index (κ1) is 15.4. The largest absolute Gasteiger partial charge is 0.439 e. The van der Waals surface area contributed by atoms with Crippen molar-refractivity contribution in [3.63, 3.8) is 0 Å². The van der Waals surface area contributed by atoms with E-state index in [9.17, 15) is 14.4 Å². The van der Waals surface area contributed by atoms with Gasteiger partial charge in [0.25, 0.3) is 5.91 Å². The molecule has 1 N–H and O–H groups in total. The molecule has 1 fully saturated rings. The average Bonchev–Trinajstić information content (AvgIpc) is 2.45. The molecule has 0 spiro atoms. The van der Waals surface area contributed by atoms with Crippen LogP contribution in [-0.4, -0.2) is 75.9 Å². The van der Waals surface area contributed by atoms with Gasteiger partial charge in [0.05, 0.1) is 19.8 Å². The molecule has 19 heavy (non-hydrogen) atoms. The summed E-state index contributed by atoms with van der Waals surface area (Å²) in [7, 11) is 1.41. The Morgan fingerprint density at radius 3 is 2.68 bits per heavy atom. The van der Waals surface area contributed by atoms with Gasteiger partial charge in [-0.25, -0.2) is 4.79 Å². The summed E-state index contributed by atoms with van der Waals surface area (Å²) in [6, 6.07) is -0.781. The molecule has 1 atom stereocenters. The van der Waals surface area contributed by atoms with Crippen molar-refractivity contribution in [2.75, 3.05) is 46.6 Å². The van der Waals surface area contributed by atoms with E-state index >= 15 is 0 Å². The standard InChI is InChI=1S/C11H18N2O6/c1-17-7-9(6-14)12-11(16)19-8-10(15)13-2-4-18-5-3-13/h6,9H,2-5,7-8H2,1H3,(H,12,16)/t9-/m1/s1. The fourth-order valence-corrected chi connectivity index (χ4v) is 1.52. The van der Waals surface area contributed by atoms with E-state index in [0.29, 0.717) is 32.6 Å². The van der Waals surface area contributed by atoms with Crippen LogP contribution in [0, 0.1) is 0 Å². The minimum absolute atomic E-state index is 0.0516. The van der Waals surface area contributed by atoms with E-state index in [1.807, 2.05) is 0 Å². The maximum atomic E-state index is 11.7. The van der Waals surface area contributed by atoms with E-state index in [2.05, 4.69) is 5.32 Å². The van der Waals surface area contributed by atoms with Crippen LogP contribution < -0.4 is 5.32 Å². The Hall–Kier alpha value is -1.67. The number of nitrogens with one attached hydrogen (secondary N) is 1. The highest BCUT2D eigenvalue weighted by molar-refractivity contribution is 5.81. The number of rotatable bonds is 6. The van der Waals surface area contributed by atoms with Gasteiger partial charge in [-0.1, -0.05) is 0 Å². The summed E-state index contributed by atoms with van der Waals surface area (Å²) in [6.45, 7) is 1.65. The van der Waals surface area contributed by atoms with Crippen molar-refractivity contribution in [2.45, 2.75) is 6.04 Å². The molecule has 0 aromatic rings.